The zero-order valence-corrected chi connectivity index (χ0v) is 24.2. The Balaban J connectivity index is 1.22. The fourth-order valence-electron chi connectivity index (χ4n) is 6.24. The molecule has 0 bridgehead atoms. The third kappa shape index (κ3) is 4.25. The van der Waals surface area contributed by atoms with Crippen LogP contribution in [-0.2, 0) is 0 Å². The molecule has 5 nitrogen and oxygen atoms in total. The van der Waals surface area contributed by atoms with Crippen molar-refractivity contribution in [1.29, 1.82) is 0 Å². The molecule has 0 aliphatic carbocycles. The highest BCUT2D eigenvalue weighted by Crippen LogP contribution is 2.35. The zero-order chi connectivity index (χ0) is 29.7. The first-order valence-corrected chi connectivity index (χ1v) is 15.0. The fraction of sp³-hybridized carbons (Fsp3) is 0. The number of pyridine rings is 2. The van der Waals surface area contributed by atoms with Crippen LogP contribution in [0.1, 0.15) is 0 Å². The molecule has 0 N–H and O–H groups in total. The number of rotatable bonds is 4. The number of hydrogen-bond acceptors (Lipinski definition) is 4. The quantitative estimate of drug-likeness (QED) is 0.210. The molecule has 5 heteroatoms. The topological polar surface area (TPSA) is 56.0 Å². The molecule has 0 fully saturated rings. The van der Waals surface area contributed by atoms with Gasteiger partial charge in [-0.15, -0.1) is 0 Å². The summed E-state index contributed by atoms with van der Waals surface area (Å²) in [6.45, 7) is 0. The number of aromatic nitrogens is 5. The van der Waals surface area contributed by atoms with Gasteiger partial charge in [-0.3, -0.25) is 4.40 Å². The molecule has 210 valence electrons. The lowest BCUT2D eigenvalue weighted by Gasteiger charge is -2.12. The highest BCUT2D eigenvalue weighted by Gasteiger charge is 2.18. The summed E-state index contributed by atoms with van der Waals surface area (Å²) in [6.07, 6.45) is 2.05. The molecule has 5 aromatic carbocycles. The average Bonchev–Trinajstić information content (AvgIpc) is 3.51. The number of fused-ring (bicyclic) bond motifs is 6. The molecule has 9 rings (SSSR count). The van der Waals surface area contributed by atoms with E-state index in [-0.39, 0.29) is 0 Å². The summed E-state index contributed by atoms with van der Waals surface area (Å²) in [7, 11) is 0. The summed E-state index contributed by atoms with van der Waals surface area (Å²) in [6, 6.07) is 49.9. The molecule has 0 radical (unpaired) electrons. The predicted octanol–water partition coefficient (Wildman–Crippen LogP) is 9.65. The van der Waals surface area contributed by atoms with Gasteiger partial charge in [0.25, 0.3) is 0 Å². The van der Waals surface area contributed by atoms with Gasteiger partial charge in [-0.05, 0) is 41.5 Å². The lowest BCUT2D eigenvalue weighted by molar-refractivity contribution is 1.22. The summed E-state index contributed by atoms with van der Waals surface area (Å²) < 4.78 is 2.13. The van der Waals surface area contributed by atoms with Gasteiger partial charge in [0.15, 0.2) is 5.82 Å². The van der Waals surface area contributed by atoms with Gasteiger partial charge in [-0.25, -0.2) is 19.9 Å². The van der Waals surface area contributed by atoms with Crippen LogP contribution in [0.2, 0.25) is 0 Å². The summed E-state index contributed by atoms with van der Waals surface area (Å²) in [5.74, 6) is 0.674. The molecule has 0 unspecified atom stereocenters. The molecule has 0 aliphatic heterocycles. The Kier molecular flexibility index (Phi) is 5.74. The molecule has 0 saturated carbocycles. The van der Waals surface area contributed by atoms with Crippen LogP contribution < -0.4 is 0 Å². The van der Waals surface area contributed by atoms with Crippen LogP contribution in [0.3, 0.4) is 0 Å². The van der Waals surface area contributed by atoms with Crippen molar-refractivity contribution >= 4 is 38.5 Å². The fourth-order valence-corrected chi connectivity index (χ4v) is 6.24. The van der Waals surface area contributed by atoms with Gasteiger partial charge >= 0.3 is 0 Å². The number of hydrogen-bond donors (Lipinski definition) is 0. The van der Waals surface area contributed by atoms with Gasteiger partial charge in [0.05, 0.1) is 27.9 Å². The van der Waals surface area contributed by atoms with E-state index in [1.54, 1.807) is 0 Å². The van der Waals surface area contributed by atoms with Gasteiger partial charge in [-0.1, -0.05) is 115 Å². The molecule has 0 saturated heterocycles. The van der Waals surface area contributed by atoms with Crippen LogP contribution in [0.15, 0.2) is 152 Å². The van der Waals surface area contributed by atoms with E-state index in [0.29, 0.717) is 5.82 Å². The molecule has 9 aromatic rings. The predicted molar refractivity (Wildman–Crippen MR) is 183 cm³/mol. The Bertz CT molecular complexity index is 2530. The van der Waals surface area contributed by atoms with Gasteiger partial charge < -0.3 is 0 Å². The Morgan fingerprint density at radius 2 is 1.04 bits per heavy atom. The van der Waals surface area contributed by atoms with Crippen LogP contribution in [-0.4, -0.2) is 24.3 Å². The van der Waals surface area contributed by atoms with E-state index < -0.39 is 0 Å². The Morgan fingerprint density at radius 3 is 1.89 bits per heavy atom. The number of imidazole rings is 1. The highest BCUT2D eigenvalue weighted by molar-refractivity contribution is 6.09. The maximum Gasteiger partial charge on any atom is 0.160 e. The summed E-state index contributed by atoms with van der Waals surface area (Å²) in [4.78, 5) is 20.4. The monoisotopic (exact) mass is 575 g/mol. The second kappa shape index (κ2) is 10.2. The summed E-state index contributed by atoms with van der Waals surface area (Å²) in [5.41, 5.74) is 11.8. The smallest absolute Gasteiger partial charge is 0.160 e. The second-order valence-corrected chi connectivity index (χ2v) is 11.2. The van der Waals surface area contributed by atoms with Crippen LogP contribution in [0.25, 0.3) is 83.5 Å². The van der Waals surface area contributed by atoms with Crippen LogP contribution in [0.5, 0.6) is 0 Å². The summed E-state index contributed by atoms with van der Waals surface area (Å²) >= 11 is 0. The Morgan fingerprint density at radius 1 is 0.400 bits per heavy atom. The minimum Gasteiger partial charge on any atom is -0.298 e. The maximum absolute atomic E-state index is 5.18. The van der Waals surface area contributed by atoms with E-state index in [1.807, 2.05) is 54.6 Å². The first-order chi connectivity index (χ1) is 22.3. The molecule has 4 heterocycles. The van der Waals surface area contributed by atoms with E-state index in [2.05, 4.69) is 102 Å². The van der Waals surface area contributed by atoms with Crippen molar-refractivity contribution < 1.29 is 0 Å². The standard InChI is InChI=1S/C40H25N5/c1-2-11-26(12-3-1)27-20-22-28(23-21-27)36-31-15-4-7-18-34(31)42-40(44-36)30-14-10-13-29(25-30)37-39-38(32-16-5-6-17-33(32)41-37)43-35-19-8-9-24-45(35)39/h1-25H. The van der Waals surface area contributed by atoms with Gasteiger partial charge in [0.1, 0.15) is 11.2 Å². The van der Waals surface area contributed by atoms with E-state index in [0.717, 1.165) is 66.6 Å². The lowest BCUT2D eigenvalue weighted by atomic mass is 10.0. The zero-order valence-electron chi connectivity index (χ0n) is 24.2. The normalized spacial score (nSPS) is 11.6. The van der Waals surface area contributed by atoms with E-state index in [4.69, 9.17) is 19.9 Å². The molecule has 0 spiro atoms. The molecule has 45 heavy (non-hydrogen) atoms. The molecule has 4 aromatic heterocycles. The third-order valence-electron chi connectivity index (χ3n) is 8.41. The van der Waals surface area contributed by atoms with Crippen LogP contribution in [0, 0.1) is 0 Å². The van der Waals surface area contributed by atoms with Gasteiger partial charge in [-0.2, -0.15) is 0 Å². The van der Waals surface area contributed by atoms with E-state index in [1.165, 1.54) is 11.1 Å². The van der Waals surface area contributed by atoms with Gasteiger partial charge in [0, 0.05) is 33.7 Å². The molecular weight excluding hydrogens is 550 g/mol. The molecular formula is C40H25N5. The largest absolute Gasteiger partial charge is 0.298 e. The Labute approximate surface area is 259 Å². The average molecular weight is 576 g/mol. The molecule has 0 amide bonds. The highest BCUT2D eigenvalue weighted by atomic mass is 15.0. The number of benzene rings is 5. The van der Waals surface area contributed by atoms with Crippen molar-refractivity contribution in [3.63, 3.8) is 0 Å². The first kappa shape index (κ1) is 25.3. The first-order valence-electron chi connectivity index (χ1n) is 15.0. The molecule has 0 atom stereocenters. The van der Waals surface area contributed by atoms with Gasteiger partial charge in [0.2, 0.25) is 0 Å². The molecule has 0 aliphatic rings. The number of para-hydroxylation sites is 2. The minimum atomic E-state index is 0.674. The summed E-state index contributed by atoms with van der Waals surface area (Å²) in [5, 5.41) is 2.06. The van der Waals surface area contributed by atoms with Crippen molar-refractivity contribution in [3.05, 3.63) is 152 Å². The van der Waals surface area contributed by atoms with Crippen molar-refractivity contribution in [2.75, 3.05) is 0 Å². The number of nitrogens with zero attached hydrogens (tertiary/aromatic N) is 5. The second-order valence-electron chi connectivity index (χ2n) is 11.2. The maximum atomic E-state index is 5.18. The van der Waals surface area contributed by atoms with E-state index in [9.17, 15) is 0 Å². The van der Waals surface area contributed by atoms with Crippen molar-refractivity contribution in [1.82, 2.24) is 24.3 Å². The Hall–Kier alpha value is -6.20. The van der Waals surface area contributed by atoms with Crippen LogP contribution in [0.4, 0.5) is 0 Å². The van der Waals surface area contributed by atoms with Crippen LogP contribution >= 0.6 is 0 Å². The van der Waals surface area contributed by atoms with Crippen molar-refractivity contribution in [2.24, 2.45) is 0 Å². The SMILES string of the molecule is c1ccc(-c2ccc(-c3nc(-c4cccc(-c5nc6ccccc6c6nc7ccccn7c56)c4)nc4ccccc34)cc2)cc1. The lowest BCUT2D eigenvalue weighted by Crippen LogP contribution is -1.96. The third-order valence-corrected chi connectivity index (χ3v) is 8.41. The van der Waals surface area contributed by atoms with E-state index >= 15 is 0 Å². The van der Waals surface area contributed by atoms with Crippen molar-refractivity contribution in [3.8, 4) is 45.0 Å². The van der Waals surface area contributed by atoms with Crippen molar-refractivity contribution in [2.45, 2.75) is 0 Å². The minimum absolute atomic E-state index is 0.674.